The van der Waals surface area contributed by atoms with Gasteiger partial charge < -0.3 is 9.84 Å². The van der Waals surface area contributed by atoms with Crippen molar-refractivity contribution in [3.63, 3.8) is 0 Å². The standard InChI is InChI=1S/C16H21NO2S/c1-2-17(12-16-9-6-10-20-16)11-14(18)13-19-15-7-4-3-5-8-15/h3-10,14,18H,2,11-13H2,1H3. The lowest BCUT2D eigenvalue weighted by Gasteiger charge is -2.23. The predicted molar refractivity (Wildman–Crippen MR) is 83.2 cm³/mol. The summed E-state index contributed by atoms with van der Waals surface area (Å²) in [5.74, 6) is 0.799. The van der Waals surface area contributed by atoms with Gasteiger partial charge >= 0.3 is 0 Å². The summed E-state index contributed by atoms with van der Waals surface area (Å²) in [6, 6.07) is 13.8. The summed E-state index contributed by atoms with van der Waals surface area (Å²) < 4.78 is 5.57. The van der Waals surface area contributed by atoms with Crippen LogP contribution in [0, 0.1) is 0 Å². The molecule has 0 fully saturated rings. The molecule has 0 amide bonds. The number of nitrogens with zero attached hydrogens (tertiary/aromatic N) is 1. The molecule has 2 aromatic rings. The van der Waals surface area contributed by atoms with E-state index in [0.29, 0.717) is 13.2 Å². The van der Waals surface area contributed by atoms with E-state index in [0.717, 1.165) is 18.8 Å². The minimum absolute atomic E-state index is 0.324. The van der Waals surface area contributed by atoms with Crippen molar-refractivity contribution < 1.29 is 9.84 Å². The Morgan fingerprint density at radius 1 is 1.20 bits per heavy atom. The molecule has 0 saturated heterocycles. The Hall–Kier alpha value is -1.36. The Kier molecular flexibility index (Phi) is 6.05. The largest absolute Gasteiger partial charge is 0.491 e. The smallest absolute Gasteiger partial charge is 0.119 e. The first-order valence-electron chi connectivity index (χ1n) is 6.88. The van der Waals surface area contributed by atoms with Crippen molar-refractivity contribution in [3.8, 4) is 5.75 Å². The van der Waals surface area contributed by atoms with Crippen molar-refractivity contribution in [2.45, 2.75) is 19.6 Å². The van der Waals surface area contributed by atoms with Crippen LogP contribution in [0.25, 0.3) is 0 Å². The number of aliphatic hydroxyl groups is 1. The normalized spacial score (nSPS) is 12.6. The van der Waals surface area contributed by atoms with E-state index < -0.39 is 6.10 Å². The second-order valence-corrected chi connectivity index (χ2v) is 5.72. The van der Waals surface area contributed by atoms with Gasteiger partial charge in [0.05, 0.1) is 0 Å². The summed E-state index contributed by atoms with van der Waals surface area (Å²) in [5, 5.41) is 12.2. The van der Waals surface area contributed by atoms with Crippen LogP contribution in [0.1, 0.15) is 11.8 Å². The van der Waals surface area contributed by atoms with Crippen molar-refractivity contribution in [3.05, 3.63) is 52.7 Å². The Morgan fingerprint density at radius 3 is 2.65 bits per heavy atom. The first-order valence-corrected chi connectivity index (χ1v) is 7.76. The van der Waals surface area contributed by atoms with E-state index in [-0.39, 0.29) is 0 Å². The molecule has 0 saturated carbocycles. The number of para-hydroxylation sites is 1. The first kappa shape index (κ1) is 15.0. The average molecular weight is 291 g/mol. The number of hydrogen-bond acceptors (Lipinski definition) is 4. The molecule has 1 atom stereocenters. The molecule has 2 rings (SSSR count). The zero-order valence-electron chi connectivity index (χ0n) is 11.7. The van der Waals surface area contributed by atoms with E-state index in [4.69, 9.17) is 4.74 Å². The van der Waals surface area contributed by atoms with Gasteiger partial charge in [0.15, 0.2) is 0 Å². The number of ether oxygens (including phenoxy) is 1. The van der Waals surface area contributed by atoms with Gasteiger partial charge in [-0.3, -0.25) is 4.90 Å². The van der Waals surface area contributed by atoms with Crippen molar-refractivity contribution in [2.24, 2.45) is 0 Å². The molecule has 3 nitrogen and oxygen atoms in total. The van der Waals surface area contributed by atoms with Gasteiger partial charge in [-0.25, -0.2) is 0 Å². The molecule has 0 aliphatic carbocycles. The maximum Gasteiger partial charge on any atom is 0.119 e. The molecular weight excluding hydrogens is 270 g/mol. The number of aliphatic hydroxyl groups excluding tert-OH is 1. The minimum atomic E-state index is -0.477. The average Bonchev–Trinajstić information content (AvgIpc) is 2.98. The molecule has 20 heavy (non-hydrogen) atoms. The molecule has 1 unspecified atom stereocenters. The van der Waals surface area contributed by atoms with Crippen LogP contribution in [0.4, 0.5) is 0 Å². The highest BCUT2D eigenvalue weighted by atomic mass is 32.1. The van der Waals surface area contributed by atoms with Gasteiger partial charge in [0.25, 0.3) is 0 Å². The van der Waals surface area contributed by atoms with Gasteiger partial charge in [-0.1, -0.05) is 31.2 Å². The highest BCUT2D eigenvalue weighted by Gasteiger charge is 2.12. The van der Waals surface area contributed by atoms with Crippen LogP contribution in [-0.4, -0.2) is 35.8 Å². The van der Waals surface area contributed by atoms with Gasteiger partial charge in [0, 0.05) is 18.0 Å². The Balaban J connectivity index is 1.76. The van der Waals surface area contributed by atoms with Crippen LogP contribution in [0.5, 0.6) is 5.75 Å². The monoisotopic (exact) mass is 291 g/mol. The fourth-order valence-corrected chi connectivity index (χ4v) is 2.73. The number of rotatable bonds is 8. The molecule has 108 valence electrons. The summed E-state index contributed by atoms with van der Waals surface area (Å²) in [5.41, 5.74) is 0. The Bertz CT molecular complexity index is 472. The molecule has 0 spiro atoms. The SMILES string of the molecule is CCN(Cc1cccs1)CC(O)COc1ccccc1. The van der Waals surface area contributed by atoms with Crippen molar-refractivity contribution in [1.82, 2.24) is 4.90 Å². The van der Waals surface area contributed by atoms with Crippen molar-refractivity contribution in [2.75, 3.05) is 19.7 Å². The van der Waals surface area contributed by atoms with Gasteiger partial charge in [-0.05, 0) is 30.1 Å². The van der Waals surface area contributed by atoms with E-state index in [2.05, 4.69) is 29.3 Å². The maximum atomic E-state index is 10.1. The number of benzene rings is 1. The Labute approximate surface area is 124 Å². The molecule has 1 aromatic heterocycles. The van der Waals surface area contributed by atoms with E-state index in [1.807, 2.05) is 30.3 Å². The third-order valence-electron chi connectivity index (χ3n) is 3.06. The molecule has 1 heterocycles. The fraction of sp³-hybridized carbons (Fsp3) is 0.375. The van der Waals surface area contributed by atoms with Crippen molar-refractivity contribution >= 4 is 11.3 Å². The molecule has 0 aliphatic rings. The fourth-order valence-electron chi connectivity index (χ4n) is 1.99. The van der Waals surface area contributed by atoms with Gasteiger partial charge in [-0.2, -0.15) is 0 Å². The summed E-state index contributed by atoms with van der Waals surface area (Å²) in [4.78, 5) is 3.55. The van der Waals surface area contributed by atoms with Crippen LogP contribution in [0.2, 0.25) is 0 Å². The molecule has 1 N–H and O–H groups in total. The molecule has 0 radical (unpaired) electrons. The lowest BCUT2D eigenvalue weighted by atomic mass is 10.3. The zero-order valence-corrected chi connectivity index (χ0v) is 12.6. The third-order valence-corrected chi connectivity index (χ3v) is 3.92. The number of likely N-dealkylation sites (N-methyl/N-ethyl adjacent to an activating group) is 1. The van der Waals surface area contributed by atoms with Gasteiger partial charge in [-0.15, -0.1) is 11.3 Å². The van der Waals surface area contributed by atoms with E-state index in [1.54, 1.807) is 11.3 Å². The number of hydrogen-bond donors (Lipinski definition) is 1. The zero-order chi connectivity index (χ0) is 14.2. The highest BCUT2D eigenvalue weighted by molar-refractivity contribution is 7.09. The second kappa shape index (κ2) is 8.04. The summed E-state index contributed by atoms with van der Waals surface area (Å²) in [6.45, 7) is 4.86. The summed E-state index contributed by atoms with van der Waals surface area (Å²) >= 11 is 1.75. The van der Waals surface area contributed by atoms with Gasteiger partial charge in [0.2, 0.25) is 0 Å². The van der Waals surface area contributed by atoms with E-state index in [9.17, 15) is 5.11 Å². The topological polar surface area (TPSA) is 32.7 Å². The predicted octanol–water partition coefficient (Wildman–Crippen LogP) is 3.01. The lowest BCUT2D eigenvalue weighted by Crippen LogP contribution is -2.35. The molecule has 4 heteroatoms. The van der Waals surface area contributed by atoms with E-state index >= 15 is 0 Å². The molecule has 0 aliphatic heterocycles. The minimum Gasteiger partial charge on any atom is -0.491 e. The van der Waals surface area contributed by atoms with E-state index in [1.165, 1.54) is 4.88 Å². The molecule has 1 aromatic carbocycles. The molecular formula is C16H21NO2S. The molecule has 0 bridgehead atoms. The van der Waals surface area contributed by atoms with Gasteiger partial charge in [0.1, 0.15) is 18.5 Å². The van der Waals surface area contributed by atoms with Crippen molar-refractivity contribution in [1.29, 1.82) is 0 Å². The summed E-state index contributed by atoms with van der Waals surface area (Å²) in [7, 11) is 0. The first-order chi connectivity index (χ1) is 9.78. The van der Waals surface area contributed by atoms with Crippen LogP contribution < -0.4 is 4.74 Å². The second-order valence-electron chi connectivity index (χ2n) is 4.68. The van der Waals surface area contributed by atoms with Crippen LogP contribution in [0.15, 0.2) is 47.8 Å². The highest BCUT2D eigenvalue weighted by Crippen LogP contribution is 2.13. The van der Waals surface area contributed by atoms with Crippen LogP contribution >= 0.6 is 11.3 Å². The van der Waals surface area contributed by atoms with Crippen LogP contribution in [-0.2, 0) is 6.54 Å². The lowest BCUT2D eigenvalue weighted by molar-refractivity contribution is 0.0678. The Morgan fingerprint density at radius 2 is 2.00 bits per heavy atom. The summed E-state index contributed by atoms with van der Waals surface area (Å²) in [6.07, 6.45) is -0.477. The van der Waals surface area contributed by atoms with Crippen LogP contribution in [0.3, 0.4) is 0 Å². The third kappa shape index (κ3) is 4.96. The maximum absolute atomic E-state index is 10.1. The number of thiophene rings is 1. The quantitative estimate of drug-likeness (QED) is 0.811.